The van der Waals surface area contributed by atoms with E-state index in [1.54, 1.807) is 17.5 Å². The van der Waals surface area contributed by atoms with Crippen molar-refractivity contribution < 1.29 is 0 Å². The van der Waals surface area contributed by atoms with Crippen molar-refractivity contribution in [2.75, 3.05) is 0 Å². The minimum atomic E-state index is -0.106. The van der Waals surface area contributed by atoms with Gasteiger partial charge in [0.2, 0.25) is 0 Å². The lowest BCUT2D eigenvalue weighted by Crippen LogP contribution is -2.14. The maximum atomic E-state index is 12.6. The van der Waals surface area contributed by atoms with Gasteiger partial charge in [-0.05, 0) is 35.0 Å². The molecule has 21 heavy (non-hydrogen) atoms. The van der Waals surface area contributed by atoms with E-state index in [-0.39, 0.29) is 5.56 Å². The molecule has 0 spiro atoms. The molecule has 2 aromatic rings. The number of para-hydroxylation sites is 1. The molecule has 1 N–H and O–H groups in total. The van der Waals surface area contributed by atoms with Gasteiger partial charge in [-0.1, -0.05) is 18.2 Å². The van der Waals surface area contributed by atoms with Crippen molar-refractivity contribution in [2.24, 2.45) is 0 Å². The molecule has 2 aliphatic rings. The Morgan fingerprint density at radius 1 is 1.33 bits per heavy atom. The summed E-state index contributed by atoms with van der Waals surface area (Å²) in [4.78, 5) is 16.9. The molecular formula is C15H10BrN3OS. The zero-order chi connectivity index (χ0) is 14.6. The van der Waals surface area contributed by atoms with Gasteiger partial charge in [-0.15, -0.1) is 11.3 Å². The second kappa shape index (κ2) is 4.54. The molecule has 0 unspecified atom stereocenters. The van der Waals surface area contributed by atoms with E-state index in [0.717, 1.165) is 30.9 Å². The lowest BCUT2D eigenvalue weighted by molar-refractivity contribution is 0.859. The number of nitrogens with zero attached hydrogens (tertiary/aromatic N) is 2. The first kappa shape index (κ1) is 12.8. The Hall–Kier alpha value is -1.92. The van der Waals surface area contributed by atoms with Crippen LogP contribution in [0, 0.1) is 6.92 Å². The largest absolute Gasteiger partial charge is 0.360 e. The molecule has 2 aliphatic heterocycles. The van der Waals surface area contributed by atoms with Crippen molar-refractivity contribution in [2.45, 2.75) is 6.92 Å². The van der Waals surface area contributed by atoms with Gasteiger partial charge in [0.1, 0.15) is 5.69 Å². The van der Waals surface area contributed by atoms with Gasteiger partial charge < -0.3 is 4.98 Å². The van der Waals surface area contributed by atoms with Crippen LogP contribution in [0.1, 0.15) is 4.88 Å². The molecule has 0 aliphatic carbocycles. The van der Waals surface area contributed by atoms with Crippen LogP contribution < -0.4 is 5.56 Å². The summed E-state index contributed by atoms with van der Waals surface area (Å²) in [6.45, 7) is 2.01. The third-order valence-electron chi connectivity index (χ3n) is 3.45. The third-order valence-corrected chi connectivity index (χ3v) is 5.17. The van der Waals surface area contributed by atoms with Gasteiger partial charge in [0, 0.05) is 22.0 Å². The molecule has 1 aromatic heterocycles. The number of H-pyrrole nitrogens is 1. The quantitative estimate of drug-likeness (QED) is 0.559. The number of aromatic amines is 1. The van der Waals surface area contributed by atoms with Gasteiger partial charge >= 0.3 is 0 Å². The Bertz CT molecular complexity index is 998. The van der Waals surface area contributed by atoms with Gasteiger partial charge in [-0.2, -0.15) is 9.78 Å². The zero-order valence-electron chi connectivity index (χ0n) is 11.1. The summed E-state index contributed by atoms with van der Waals surface area (Å²) < 4.78 is 2.39. The average molecular weight is 360 g/mol. The number of hydrogen-bond acceptors (Lipinski definition) is 3. The molecule has 4 rings (SSSR count). The number of thiophene rings is 1. The summed E-state index contributed by atoms with van der Waals surface area (Å²) in [7, 11) is 0. The lowest BCUT2D eigenvalue weighted by atomic mass is 10.1. The number of aromatic nitrogens is 3. The minimum Gasteiger partial charge on any atom is -0.360 e. The number of pyridine rings is 1. The summed E-state index contributed by atoms with van der Waals surface area (Å²) in [6.07, 6.45) is 1.73. The maximum Gasteiger partial charge on any atom is 0.282 e. The van der Waals surface area contributed by atoms with E-state index in [4.69, 9.17) is 0 Å². The number of aryl methyl sites for hydroxylation is 1. The van der Waals surface area contributed by atoms with E-state index in [2.05, 4.69) is 26.0 Å². The zero-order valence-corrected chi connectivity index (χ0v) is 13.5. The molecule has 6 heteroatoms. The van der Waals surface area contributed by atoms with Crippen LogP contribution in [-0.4, -0.2) is 14.8 Å². The Labute approximate surface area is 132 Å². The number of nitrogens with one attached hydrogen (secondary N) is 1. The number of hydrogen-bond donors (Lipinski definition) is 1. The van der Waals surface area contributed by atoms with Crippen molar-refractivity contribution in [1.82, 2.24) is 14.8 Å². The first-order valence-corrected chi connectivity index (χ1v) is 8.01. The molecule has 104 valence electrons. The fourth-order valence-corrected chi connectivity index (χ4v) is 4.24. The van der Waals surface area contributed by atoms with E-state index in [1.807, 2.05) is 37.3 Å². The Balaban J connectivity index is 2.10. The predicted octanol–water partition coefficient (Wildman–Crippen LogP) is 3.95. The molecule has 0 saturated heterocycles. The van der Waals surface area contributed by atoms with Gasteiger partial charge in [0.15, 0.2) is 0 Å². The van der Waals surface area contributed by atoms with Gasteiger partial charge in [-0.3, -0.25) is 4.79 Å². The summed E-state index contributed by atoms with van der Waals surface area (Å²) in [5.74, 6) is 0. The van der Waals surface area contributed by atoms with Crippen LogP contribution >= 0.6 is 27.3 Å². The van der Waals surface area contributed by atoms with Crippen molar-refractivity contribution in [3.63, 3.8) is 0 Å². The maximum absolute atomic E-state index is 12.6. The van der Waals surface area contributed by atoms with E-state index in [9.17, 15) is 4.79 Å². The molecule has 0 fully saturated rings. The van der Waals surface area contributed by atoms with Crippen LogP contribution in [0.25, 0.3) is 27.8 Å². The monoisotopic (exact) mass is 359 g/mol. The fraction of sp³-hybridized carbons (Fsp3) is 0.0667. The van der Waals surface area contributed by atoms with Crippen LogP contribution in [0.5, 0.6) is 0 Å². The lowest BCUT2D eigenvalue weighted by Gasteiger charge is -2.01. The van der Waals surface area contributed by atoms with Crippen LogP contribution in [0.15, 0.2) is 45.1 Å². The van der Waals surface area contributed by atoms with Gasteiger partial charge in [0.25, 0.3) is 5.56 Å². The van der Waals surface area contributed by atoms with Crippen molar-refractivity contribution in [3.8, 4) is 16.9 Å². The summed E-state index contributed by atoms with van der Waals surface area (Å²) in [6, 6.07) is 9.82. The molecular weight excluding hydrogens is 350 g/mol. The van der Waals surface area contributed by atoms with Crippen molar-refractivity contribution in [3.05, 3.63) is 55.5 Å². The molecule has 0 amide bonds. The molecule has 0 saturated carbocycles. The third kappa shape index (κ3) is 1.86. The summed E-state index contributed by atoms with van der Waals surface area (Å²) in [5, 5.41) is 5.50. The molecule has 4 nitrogen and oxygen atoms in total. The normalized spacial score (nSPS) is 11.5. The summed E-state index contributed by atoms with van der Waals surface area (Å²) >= 11 is 5.10. The number of fused-ring (bicyclic) bond motifs is 3. The van der Waals surface area contributed by atoms with Crippen LogP contribution in [0.2, 0.25) is 0 Å². The standard InChI is InChI=1S/C15H10BrN3OS/c1-8-6-12(14(16)21-8)19-15(20)10-7-17-11-5-3-2-4-9(11)13(10)18-19/h2-7,17H,1H3. The van der Waals surface area contributed by atoms with E-state index in [0.29, 0.717) is 5.56 Å². The number of halogens is 1. The fourth-order valence-electron chi connectivity index (χ4n) is 2.49. The van der Waals surface area contributed by atoms with Crippen molar-refractivity contribution >= 4 is 38.2 Å². The second-order valence-corrected chi connectivity index (χ2v) is 7.40. The van der Waals surface area contributed by atoms with Crippen LogP contribution in [0.3, 0.4) is 0 Å². The topological polar surface area (TPSA) is 50.7 Å². The van der Waals surface area contributed by atoms with E-state index >= 15 is 0 Å². The van der Waals surface area contributed by atoms with Crippen LogP contribution in [-0.2, 0) is 0 Å². The number of rotatable bonds is 1. The molecule has 0 bridgehead atoms. The van der Waals surface area contributed by atoms with Crippen LogP contribution in [0.4, 0.5) is 0 Å². The molecule has 0 radical (unpaired) electrons. The molecule has 1 aromatic carbocycles. The Morgan fingerprint density at radius 2 is 2.14 bits per heavy atom. The predicted molar refractivity (Wildman–Crippen MR) is 88.6 cm³/mol. The minimum absolute atomic E-state index is 0.106. The Morgan fingerprint density at radius 3 is 2.90 bits per heavy atom. The number of benzene rings is 1. The highest BCUT2D eigenvalue weighted by Crippen LogP contribution is 2.31. The van der Waals surface area contributed by atoms with E-state index < -0.39 is 0 Å². The molecule has 3 heterocycles. The van der Waals surface area contributed by atoms with E-state index in [1.165, 1.54) is 4.68 Å². The van der Waals surface area contributed by atoms with Gasteiger partial charge in [0.05, 0.1) is 15.0 Å². The highest BCUT2D eigenvalue weighted by Gasteiger charge is 2.20. The highest BCUT2D eigenvalue weighted by molar-refractivity contribution is 9.11. The SMILES string of the molecule is Cc1cc(-n2nc3c4ccccc4[nH]cc-3c2=O)c(Br)s1. The van der Waals surface area contributed by atoms with Crippen molar-refractivity contribution in [1.29, 1.82) is 0 Å². The average Bonchev–Trinajstić information content (AvgIpc) is 2.99. The summed E-state index contributed by atoms with van der Waals surface area (Å²) in [5.41, 5.74) is 2.98. The van der Waals surface area contributed by atoms with Gasteiger partial charge in [-0.25, -0.2) is 0 Å². The first-order chi connectivity index (χ1) is 10.1. The Kier molecular flexibility index (Phi) is 2.77. The second-order valence-electron chi connectivity index (χ2n) is 4.83. The highest BCUT2D eigenvalue weighted by atomic mass is 79.9. The molecule has 0 atom stereocenters. The smallest absolute Gasteiger partial charge is 0.282 e. The first-order valence-electron chi connectivity index (χ1n) is 6.40.